The number of ether oxygens (including phenoxy) is 1. The Labute approximate surface area is 89.2 Å². The van der Waals surface area contributed by atoms with Gasteiger partial charge < -0.3 is 10.5 Å². The van der Waals surface area contributed by atoms with Crippen molar-refractivity contribution in [3.8, 4) is 0 Å². The summed E-state index contributed by atoms with van der Waals surface area (Å²) in [5.41, 5.74) is 6.01. The van der Waals surface area contributed by atoms with Gasteiger partial charge in [0, 0.05) is 5.41 Å². The summed E-state index contributed by atoms with van der Waals surface area (Å²) in [5.74, 6) is -0.325. The molecular weight excluding hydrogens is 190 g/mol. The second kappa shape index (κ2) is 3.07. The van der Waals surface area contributed by atoms with Crippen LogP contribution in [0, 0.1) is 0 Å². The Morgan fingerprint density at radius 3 is 2.53 bits per heavy atom. The molecule has 2 atom stereocenters. The maximum atomic E-state index is 11.5. The van der Waals surface area contributed by atoms with E-state index in [1.165, 1.54) is 7.11 Å². The molecule has 0 aromatic heterocycles. The molecule has 0 saturated heterocycles. The van der Waals surface area contributed by atoms with E-state index in [-0.39, 0.29) is 11.4 Å². The molecule has 1 aliphatic rings. The highest BCUT2D eigenvalue weighted by molar-refractivity contribution is 5.88. The van der Waals surface area contributed by atoms with Gasteiger partial charge >= 0.3 is 5.97 Å². The van der Waals surface area contributed by atoms with E-state index in [1.54, 1.807) is 0 Å². The van der Waals surface area contributed by atoms with Gasteiger partial charge in [0.1, 0.15) is 5.54 Å². The van der Waals surface area contributed by atoms with Crippen molar-refractivity contribution in [2.24, 2.45) is 5.73 Å². The van der Waals surface area contributed by atoms with Crippen molar-refractivity contribution in [1.82, 2.24) is 0 Å². The maximum absolute atomic E-state index is 11.5. The molecule has 0 unspecified atom stereocenters. The molecule has 1 fully saturated rings. The second-order valence-corrected chi connectivity index (χ2v) is 4.34. The fourth-order valence-corrected chi connectivity index (χ4v) is 2.16. The van der Waals surface area contributed by atoms with Crippen LogP contribution in [0.3, 0.4) is 0 Å². The Hall–Kier alpha value is -1.35. The summed E-state index contributed by atoms with van der Waals surface area (Å²) in [5, 5.41) is 0. The number of carbonyl (C=O) groups excluding carboxylic acids is 1. The van der Waals surface area contributed by atoms with Crippen molar-refractivity contribution in [2.75, 3.05) is 7.11 Å². The van der Waals surface area contributed by atoms with Crippen LogP contribution in [0.1, 0.15) is 18.9 Å². The van der Waals surface area contributed by atoms with Crippen LogP contribution in [-0.2, 0) is 14.9 Å². The van der Waals surface area contributed by atoms with Crippen molar-refractivity contribution in [3.05, 3.63) is 35.9 Å². The normalized spacial score (nSPS) is 33.5. The zero-order chi connectivity index (χ0) is 11.1. The van der Waals surface area contributed by atoms with Gasteiger partial charge in [0.05, 0.1) is 7.11 Å². The van der Waals surface area contributed by atoms with Crippen LogP contribution in [0.2, 0.25) is 0 Å². The number of hydrogen-bond acceptors (Lipinski definition) is 3. The summed E-state index contributed by atoms with van der Waals surface area (Å²) >= 11 is 0. The van der Waals surface area contributed by atoms with Gasteiger partial charge in [-0.05, 0) is 12.0 Å². The Bertz CT molecular complexity index is 390. The SMILES string of the molecule is COC(=O)[C@]1(N)C[C@]1(C)c1ccccc1. The molecule has 80 valence electrons. The lowest BCUT2D eigenvalue weighted by Gasteiger charge is -2.16. The van der Waals surface area contributed by atoms with E-state index in [0.29, 0.717) is 6.42 Å². The molecule has 0 heterocycles. The molecule has 2 rings (SSSR count). The first-order valence-corrected chi connectivity index (χ1v) is 4.97. The van der Waals surface area contributed by atoms with E-state index in [2.05, 4.69) is 0 Å². The highest BCUT2D eigenvalue weighted by Crippen LogP contribution is 2.56. The summed E-state index contributed by atoms with van der Waals surface area (Å²) in [6.45, 7) is 2.00. The van der Waals surface area contributed by atoms with Crippen molar-refractivity contribution in [2.45, 2.75) is 24.3 Å². The molecule has 1 aromatic rings. The standard InChI is InChI=1S/C12H15NO2/c1-11(9-6-4-3-5-7-9)8-12(11,13)10(14)15-2/h3-7H,8,13H2,1-2H3/t11-,12-/m1/s1. The van der Waals surface area contributed by atoms with E-state index >= 15 is 0 Å². The number of methoxy groups -OCH3 is 1. The minimum atomic E-state index is -0.844. The van der Waals surface area contributed by atoms with E-state index in [0.717, 1.165) is 5.56 Å². The predicted octanol–water partition coefficient (Wildman–Crippen LogP) is 1.22. The van der Waals surface area contributed by atoms with Gasteiger partial charge in [-0.25, -0.2) is 0 Å². The summed E-state index contributed by atoms with van der Waals surface area (Å²) in [4.78, 5) is 11.5. The first-order valence-electron chi connectivity index (χ1n) is 4.97. The van der Waals surface area contributed by atoms with Gasteiger partial charge in [0.15, 0.2) is 0 Å². The Kier molecular flexibility index (Phi) is 2.08. The van der Waals surface area contributed by atoms with E-state index in [1.807, 2.05) is 37.3 Å². The molecule has 0 radical (unpaired) electrons. The van der Waals surface area contributed by atoms with E-state index < -0.39 is 5.54 Å². The first-order chi connectivity index (χ1) is 7.04. The summed E-state index contributed by atoms with van der Waals surface area (Å²) in [6, 6.07) is 9.86. The van der Waals surface area contributed by atoms with Gasteiger partial charge in [-0.3, -0.25) is 4.79 Å². The zero-order valence-corrected chi connectivity index (χ0v) is 8.99. The van der Waals surface area contributed by atoms with E-state index in [9.17, 15) is 4.79 Å². The van der Waals surface area contributed by atoms with Crippen molar-refractivity contribution in [3.63, 3.8) is 0 Å². The number of benzene rings is 1. The topological polar surface area (TPSA) is 52.3 Å². The predicted molar refractivity (Wildman–Crippen MR) is 57.3 cm³/mol. The fraction of sp³-hybridized carbons (Fsp3) is 0.417. The molecular formula is C12H15NO2. The van der Waals surface area contributed by atoms with Crippen molar-refractivity contribution in [1.29, 1.82) is 0 Å². The summed E-state index contributed by atoms with van der Waals surface area (Å²) in [6.07, 6.45) is 0.649. The minimum Gasteiger partial charge on any atom is -0.468 e. The van der Waals surface area contributed by atoms with Crippen LogP contribution in [-0.4, -0.2) is 18.6 Å². The molecule has 3 heteroatoms. The zero-order valence-electron chi connectivity index (χ0n) is 8.99. The molecule has 1 saturated carbocycles. The third kappa shape index (κ3) is 1.27. The number of esters is 1. The maximum Gasteiger partial charge on any atom is 0.326 e. The third-order valence-corrected chi connectivity index (χ3v) is 3.45. The Morgan fingerprint density at radius 2 is 2.00 bits per heavy atom. The summed E-state index contributed by atoms with van der Waals surface area (Å²) < 4.78 is 4.73. The largest absolute Gasteiger partial charge is 0.468 e. The van der Waals surface area contributed by atoms with Gasteiger partial charge in [0.25, 0.3) is 0 Å². The molecule has 1 aliphatic carbocycles. The Balaban J connectivity index is 2.31. The van der Waals surface area contributed by atoms with Crippen LogP contribution in [0.4, 0.5) is 0 Å². The van der Waals surface area contributed by atoms with Crippen LogP contribution in [0.25, 0.3) is 0 Å². The highest BCUT2D eigenvalue weighted by Gasteiger charge is 2.68. The lowest BCUT2D eigenvalue weighted by atomic mass is 9.93. The lowest BCUT2D eigenvalue weighted by Crippen LogP contribution is -2.41. The fourth-order valence-electron chi connectivity index (χ4n) is 2.16. The number of nitrogens with two attached hydrogens (primary N) is 1. The molecule has 0 bridgehead atoms. The van der Waals surface area contributed by atoms with Gasteiger partial charge in [0.2, 0.25) is 0 Å². The molecule has 2 N–H and O–H groups in total. The van der Waals surface area contributed by atoms with Crippen LogP contribution in [0.5, 0.6) is 0 Å². The van der Waals surface area contributed by atoms with Gasteiger partial charge in [-0.15, -0.1) is 0 Å². The van der Waals surface area contributed by atoms with Crippen LogP contribution >= 0.6 is 0 Å². The number of hydrogen-bond donors (Lipinski definition) is 1. The molecule has 1 aromatic carbocycles. The van der Waals surface area contributed by atoms with Crippen LogP contribution in [0.15, 0.2) is 30.3 Å². The van der Waals surface area contributed by atoms with Crippen LogP contribution < -0.4 is 5.73 Å². The molecule has 15 heavy (non-hydrogen) atoms. The third-order valence-electron chi connectivity index (χ3n) is 3.45. The molecule has 0 aliphatic heterocycles. The Morgan fingerprint density at radius 1 is 1.40 bits per heavy atom. The minimum absolute atomic E-state index is 0.276. The first kappa shape index (κ1) is 10.2. The van der Waals surface area contributed by atoms with Gasteiger partial charge in [-0.1, -0.05) is 37.3 Å². The van der Waals surface area contributed by atoms with E-state index in [4.69, 9.17) is 10.5 Å². The molecule has 0 spiro atoms. The molecule has 0 amide bonds. The average molecular weight is 205 g/mol. The quantitative estimate of drug-likeness (QED) is 0.738. The number of rotatable bonds is 2. The molecule has 3 nitrogen and oxygen atoms in total. The average Bonchev–Trinajstić information content (AvgIpc) is 2.85. The number of carbonyl (C=O) groups is 1. The summed E-state index contributed by atoms with van der Waals surface area (Å²) in [7, 11) is 1.38. The van der Waals surface area contributed by atoms with Gasteiger partial charge in [-0.2, -0.15) is 0 Å². The lowest BCUT2D eigenvalue weighted by molar-refractivity contribution is -0.143. The highest BCUT2D eigenvalue weighted by atomic mass is 16.5. The smallest absolute Gasteiger partial charge is 0.326 e. The van der Waals surface area contributed by atoms with Crippen molar-refractivity contribution >= 4 is 5.97 Å². The second-order valence-electron chi connectivity index (χ2n) is 4.34. The monoisotopic (exact) mass is 205 g/mol. The van der Waals surface area contributed by atoms with Crippen molar-refractivity contribution < 1.29 is 9.53 Å².